The molecule has 4 heteroatoms. The zero-order valence-corrected chi connectivity index (χ0v) is 15.1. The lowest BCUT2D eigenvalue weighted by molar-refractivity contribution is 0.101. The molecule has 1 aliphatic rings. The van der Waals surface area contributed by atoms with Gasteiger partial charge in [-0.3, -0.25) is 4.79 Å². The van der Waals surface area contributed by atoms with Gasteiger partial charge in [0.25, 0.3) is 0 Å². The van der Waals surface area contributed by atoms with Crippen molar-refractivity contribution in [1.82, 2.24) is 0 Å². The van der Waals surface area contributed by atoms with Gasteiger partial charge in [-0.2, -0.15) is 0 Å². The summed E-state index contributed by atoms with van der Waals surface area (Å²) in [6, 6.07) is 21.4. The number of allylic oxidation sites excluding steroid dienone is 1. The van der Waals surface area contributed by atoms with Crippen LogP contribution in [0.4, 0.5) is 0 Å². The maximum atomic E-state index is 12.7. The van der Waals surface area contributed by atoms with Gasteiger partial charge in [-0.25, -0.2) is 0 Å². The van der Waals surface area contributed by atoms with Crippen LogP contribution in [0.1, 0.15) is 15.9 Å². The monoisotopic (exact) mass is 378 g/mol. The van der Waals surface area contributed by atoms with Crippen molar-refractivity contribution in [3.05, 3.63) is 83.6 Å². The van der Waals surface area contributed by atoms with Gasteiger partial charge in [0, 0.05) is 0 Å². The third-order valence-corrected chi connectivity index (χ3v) is 5.64. The molecule has 1 heterocycles. The number of phenols is 2. The highest BCUT2D eigenvalue weighted by Gasteiger charge is 2.31. The maximum Gasteiger partial charge on any atom is 0.232 e. The summed E-state index contributed by atoms with van der Waals surface area (Å²) in [7, 11) is 0. The summed E-state index contributed by atoms with van der Waals surface area (Å²) in [6.45, 7) is 0. The minimum atomic E-state index is -0.422. The smallest absolute Gasteiger partial charge is 0.232 e. The molecular formula is C25H14O4. The largest absolute Gasteiger partial charge is 0.504 e. The summed E-state index contributed by atoms with van der Waals surface area (Å²) >= 11 is 0. The lowest BCUT2D eigenvalue weighted by Gasteiger charge is -2.12. The molecule has 6 rings (SSSR count). The molecule has 4 nitrogen and oxygen atoms in total. The average Bonchev–Trinajstić information content (AvgIpc) is 3.06. The number of ketones is 1. The van der Waals surface area contributed by atoms with Gasteiger partial charge in [0.15, 0.2) is 17.3 Å². The number of phenolic OH excluding ortho intramolecular Hbond substituents is 2. The molecule has 0 saturated carbocycles. The molecule has 0 saturated heterocycles. The molecule has 0 amide bonds. The number of hydrogen-bond acceptors (Lipinski definition) is 4. The van der Waals surface area contributed by atoms with Crippen molar-refractivity contribution >= 4 is 44.2 Å². The van der Waals surface area contributed by atoms with Gasteiger partial charge in [0.2, 0.25) is 11.5 Å². The van der Waals surface area contributed by atoms with E-state index < -0.39 is 5.75 Å². The van der Waals surface area contributed by atoms with E-state index in [0.29, 0.717) is 0 Å². The van der Waals surface area contributed by atoms with E-state index in [1.54, 1.807) is 6.08 Å². The van der Waals surface area contributed by atoms with Gasteiger partial charge in [-0.1, -0.05) is 54.6 Å². The molecule has 0 aromatic heterocycles. The molecule has 0 radical (unpaired) electrons. The molecule has 0 atom stereocenters. The molecule has 5 aromatic carbocycles. The first-order valence-electron chi connectivity index (χ1n) is 9.27. The third-order valence-electron chi connectivity index (χ3n) is 5.64. The van der Waals surface area contributed by atoms with Crippen molar-refractivity contribution < 1.29 is 19.7 Å². The van der Waals surface area contributed by atoms with Gasteiger partial charge in [0.1, 0.15) is 0 Å². The Morgan fingerprint density at radius 1 is 0.759 bits per heavy atom. The molecule has 5 aromatic rings. The summed E-state index contributed by atoms with van der Waals surface area (Å²) in [5, 5.41) is 26.6. The SMILES string of the molecule is O=C1C(=Cc2ccc3ccc4cccc5ccc2c3c45)Oc2c1ccc(O)c2O. The number of fused-ring (bicyclic) bond motifs is 1. The standard InChI is InChI=1S/C25H14O4/c26-19-11-10-18-23(27)20(29-25(18)24(19)28)12-16-7-6-15-5-4-13-2-1-3-14-8-9-17(16)22(15)21(13)14/h1-12,26,28H. The van der Waals surface area contributed by atoms with Crippen LogP contribution in [-0.4, -0.2) is 16.0 Å². The van der Waals surface area contributed by atoms with Gasteiger partial charge in [0.05, 0.1) is 5.56 Å². The fourth-order valence-corrected chi connectivity index (χ4v) is 4.25. The highest BCUT2D eigenvalue weighted by molar-refractivity contribution is 6.24. The number of hydrogen-bond donors (Lipinski definition) is 2. The molecule has 0 aliphatic carbocycles. The number of aromatic hydroxyl groups is 2. The van der Waals surface area contributed by atoms with Crippen LogP contribution >= 0.6 is 0 Å². The first-order chi connectivity index (χ1) is 14.1. The van der Waals surface area contributed by atoms with Crippen molar-refractivity contribution in [2.75, 3.05) is 0 Å². The number of Topliss-reactive ketones (excluding diaryl/α,β-unsaturated/α-hetero) is 1. The van der Waals surface area contributed by atoms with E-state index in [2.05, 4.69) is 42.5 Å². The maximum absolute atomic E-state index is 12.7. The van der Waals surface area contributed by atoms with Crippen molar-refractivity contribution in [2.24, 2.45) is 0 Å². The minimum Gasteiger partial charge on any atom is -0.504 e. The molecule has 0 fully saturated rings. The number of ether oxygens (including phenoxy) is 1. The van der Waals surface area contributed by atoms with Crippen LogP contribution < -0.4 is 4.74 Å². The molecular weight excluding hydrogens is 364 g/mol. The summed E-state index contributed by atoms with van der Waals surface area (Å²) < 4.78 is 5.63. The van der Waals surface area contributed by atoms with Gasteiger partial charge >= 0.3 is 0 Å². The topological polar surface area (TPSA) is 66.8 Å². The Morgan fingerprint density at radius 3 is 2.24 bits per heavy atom. The van der Waals surface area contributed by atoms with Crippen LogP contribution in [0.2, 0.25) is 0 Å². The molecule has 0 unspecified atom stereocenters. The Bertz CT molecular complexity index is 1500. The van der Waals surface area contributed by atoms with Crippen molar-refractivity contribution in [3.8, 4) is 17.2 Å². The van der Waals surface area contributed by atoms with Crippen LogP contribution in [0.25, 0.3) is 38.4 Å². The Hall–Kier alpha value is -4.05. The van der Waals surface area contributed by atoms with Crippen molar-refractivity contribution in [2.45, 2.75) is 0 Å². The lowest BCUT2D eigenvalue weighted by atomic mass is 9.91. The first-order valence-corrected chi connectivity index (χ1v) is 9.27. The van der Waals surface area contributed by atoms with Crippen LogP contribution in [0, 0.1) is 0 Å². The zero-order valence-electron chi connectivity index (χ0n) is 15.1. The minimum absolute atomic E-state index is 0.000962. The van der Waals surface area contributed by atoms with Crippen LogP contribution in [-0.2, 0) is 0 Å². The van der Waals surface area contributed by atoms with E-state index in [9.17, 15) is 15.0 Å². The quantitative estimate of drug-likeness (QED) is 0.226. The fraction of sp³-hybridized carbons (Fsp3) is 0. The third kappa shape index (κ3) is 2.11. The fourth-order valence-electron chi connectivity index (χ4n) is 4.25. The summed E-state index contributed by atoms with van der Waals surface area (Å²) in [5.74, 6) is -0.939. The molecule has 0 spiro atoms. The molecule has 1 aliphatic heterocycles. The Morgan fingerprint density at radius 2 is 1.45 bits per heavy atom. The van der Waals surface area contributed by atoms with Gasteiger partial charge < -0.3 is 14.9 Å². The Balaban J connectivity index is 1.59. The van der Waals surface area contributed by atoms with Gasteiger partial charge in [-0.15, -0.1) is 0 Å². The second-order valence-corrected chi connectivity index (χ2v) is 7.26. The Labute approximate surface area is 165 Å². The Kier molecular flexibility index (Phi) is 3.02. The predicted octanol–water partition coefficient (Wildman–Crippen LogP) is 5.61. The van der Waals surface area contributed by atoms with Crippen LogP contribution in [0.15, 0.2) is 72.5 Å². The molecule has 138 valence electrons. The number of benzene rings is 5. The second-order valence-electron chi connectivity index (χ2n) is 7.26. The normalized spacial score (nSPS) is 14.9. The number of rotatable bonds is 1. The van der Waals surface area contributed by atoms with E-state index in [0.717, 1.165) is 21.7 Å². The average molecular weight is 378 g/mol. The van der Waals surface area contributed by atoms with E-state index in [-0.39, 0.29) is 28.6 Å². The number of carbonyl (C=O) groups excluding carboxylic acids is 1. The molecule has 0 bridgehead atoms. The van der Waals surface area contributed by atoms with Crippen molar-refractivity contribution in [1.29, 1.82) is 0 Å². The predicted molar refractivity (Wildman–Crippen MR) is 113 cm³/mol. The summed E-state index contributed by atoms with van der Waals surface area (Å²) in [6.07, 6.45) is 1.70. The van der Waals surface area contributed by atoms with E-state index in [1.807, 2.05) is 12.1 Å². The van der Waals surface area contributed by atoms with E-state index in [4.69, 9.17) is 4.74 Å². The summed E-state index contributed by atoms with van der Waals surface area (Å²) in [4.78, 5) is 12.7. The lowest BCUT2D eigenvalue weighted by Crippen LogP contribution is -1.98. The van der Waals surface area contributed by atoms with Gasteiger partial charge in [-0.05, 0) is 56.1 Å². The molecule has 2 N–H and O–H groups in total. The second kappa shape index (κ2) is 5.49. The van der Waals surface area contributed by atoms with Crippen LogP contribution in [0.3, 0.4) is 0 Å². The first kappa shape index (κ1) is 16.0. The number of carbonyl (C=O) groups is 1. The van der Waals surface area contributed by atoms with Crippen molar-refractivity contribution in [3.63, 3.8) is 0 Å². The van der Waals surface area contributed by atoms with Crippen LogP contribution in [0.5, 0.6) is 17.2 Å². The van der Waals surface area contributed by atoms with E-state index >= 15 is 0 Å². The highest BCUT2D eigenvalue weighted by atomic mass is 16.5. The van der Waals surface area contributed by atoms with E-state index in [1.165, 1.54) is 28.3 Å². The highest BCUT2D eigenvalue weighted by Crippen LogP contribution is 2.44. The zero-order chi connectivity index (χ0) is 19.7. The summed E-state index contributed by atoms with van der Waals surface area (Å²) in [5.41, 5.74) is 1.10. The molecule has 29 heavy (non-hydrogen) atoms.